The number of hydrazone groups is 1. The number of amides is 2. The molecule has 8 nitrogen and oxygen atoms in total. The van der Waals surface area contributed by atoms with Crippen LogP contribution in [0.3, 0.4) is 0 Å². The van der Waals surface area contributed by atoms with Crippen LogP contribution in [0.25, 0.3) is 0 Å². The molecule has 164 valence electrons. The van der Waals surface area contributed by atoms with Crippen molar-refractivity contribution in [2.24, 2.45) is 5.10 Å². The second-order valence-corrected chi connectivity index (χ2v) is 7.06. The number of carbonyl (C=O) groups excluding carboxylic acids is 3. The normalized spacial score (nSPS) is 10.6. The van der Waals surface area contributed by atoms with Gasteiger partial charge >= 0.3 is 17.8 Å². The highest BCUT2D eigenvalue weighted by Crippen LogP contribution is 2.15. The van der Waals surface area contributed by atoms with Gasteiger partial charge in [0.15, 0.2) is 0 Å². The predicted octanol–water partition coefficient (Wildman–Crippen LogP) is 3.56. The number of ether oxygens (including phenoxy) is 1. The molecule has 3 aromatic rings. The summed E-state index contributed by atoms with van der Waals surface area (Å²) >= 11 is 0. The van der Waals surface area contributed by atoms with Crippen molar-refractivity contribution in [3.63, 3.8) is 0 Å². The van der Waals surface area contributed by atoms with Gasteiger partial charge in [-0.1, -0.05) is 17.7 Å². The summed E-state index contributed by atoms with van der Waals surface area (Å²) in [7, 11) is 0. The maximum Gasteiger partial charge on any atom is 0.343 e. The van der Waals surface area contributed by atoms with Crippen molar-refractivity contribution in [1.82, 2.24) is 5.43 Å². The number of hydrogen-bond acceptors (Lipinski definition) is 6. The summed E-state index contributed by atoms with van der Waals surface area (Å²) < 4.78 is 5.36. The van der Waals surface area contributed by atoms with E-state index in [4.69, 9.17) is 10.00 Å². The van der Waals surface area contributed by atoms with Crippen molar-refractivity contribution in [3.05, 3.63) is 95.1 Å². The van der Waals surface area contributed by atoms with Crippen molar-refractivity contribution in [2.75, 3.05) is 5.32 Å². The Morgan fingerprint density at radius 1 is 0.848 bits per heavy atom. The number of benzene rings is 3. The van der Waals surface area contributed by atoms with E-state index in [1.54, 1.807) is 43.3 Å². The summed E-state index contributed by atoms with van der Waals surface area (Å²) in [5.74, 6) is -1.94. The lowest BCUT2D eigenvalue weighted by atomic mass is 10.1. The maximum atomic E-state index is 12.2. The molecule has 2 amide bonds. The molecule has 0 unspecified atom stereocenters. The zero-order valence-electron chi connectivity index (χ0n) is 18.0. The molecule has 3 aromatic carbocycles. The van der Waals surface area contributed by atoms with Crippen molar-refractivity contribution < 1.29 is 19.1 Å². The number of anilines is 1. The van der Waals surface area contributed by atoms with Crippen LogP contribution in [0.1, 0.15) is 34.0 Å². The van der Waals surface area contributed by atoms with Crippen LogP contribution in [0, 0.1) is 18.3 Å². The second-order valence-electron chi connectivity index (χ2n) is 7.06. The molecular weight excluding hydrogens is 420 g/mol. The molecule has 0 aliphatic carbocycles. The Kier molecular flexibility index (Phi) is 7.29. The van der Waals surface area contributed by atoms with E-state index in [2.05, 4.69) is 15.8 Å². The zero-order chi connectivity index (χ0) is 23.8. The zero-order valence-corrected chi connectivity index (χ0v) is 18.0. The Morgan fingerprint density at radius 2 is 1.45 bits per heavy atom. The third-order valence-corrected chi connectivity index (χ3v) is 4.57. The summed E-state index contributed by atoms with van der Waals surface area (Å²) in [6.07, 6.45) is 0. The van der Waals surface area contributed by atoms with E-state index in [1.165, 1.54) is 24.3 Å². The minimum absolute atomic E-state index is 0.364. The first kappa shape index (κ1) is 22.9. The first-order valence-corrected chi connectivity index (χ1v) is 9.91. The highest BCUT2D eigenvalue weighted by Gasteiger charge is 2.13. The van der Waals surface area contributed by atoms with Gasteiger partial charge < -0.3 is 10.1 Å². The number of rotatable bonds is 5. The summed E-state index contributed by atoms with van der Waals surface area (Å²) in [6.45, 7) is 3.59. The summed E-state index contributed by atoms with van der Waals surface area (Å²) in [6, 6.07) is 21.7. The van der Waals surface area contributed by atoms with E-state index >= 15 is 0 Å². The fourth-order valence-corrected chi connectivity index (χ4v) is 2.69. The molecule has 0 aliphatic heterocycles. The molecule has 0 bridgehead atoms. The molecule has 2 N–H and O–H groups in total. The van der Waals surface area contributed by atoms with E-state index in [1.807, 2.05) is 25.1 Å². The summed E-state index contributed by atoms with van der Waals surface area (Å²) in [5.41, 5.74) is 5.62. The number of aryl methyl sites for hydroxylation is 1. The van der Waals surface area contributed by atoms with Crippen molar-refractivity contribution in [1.29, 1.82) is 5.26 Å². The van der Waals surface area contributed by atoms with Crippen LogP contribution in [0.15, 0.2) is 77.9 Å². The molecule has 8 heteroatoms. The molecule has 0 fully saturated rings. The molecule has 0 saturated heterocycles. The van der Waals surface area contributed by atoms with Crippen molar-refractivity contribution in [3.8, 4) is 11.8 Å². The van der Waals surface area contributed by atoms with Crippen LogP contribution < -0.4 is 15.5 Å². The topological polar surface area (TPSA) is 121 Å². The van der Waals surface area contributed by atoms with Crippen LogP contribution in [-0.2, 0) is 9.59 Å². The maximum absolute atomic E-state index is 12.2. The fraction of sp³-hybridized carbons (Fsp3) is 0.0800. The second kappa shape index (κ2) is 10.5. The lowest BCUT2D eigenvalue weighted by molar-refractivity contribution is -0.136. The molecule has 0 heterocycles. The number of hydrogen-bond donors (Lipinski definition) is 2. The largest absolute Gasteiger partial charge is 0.423 e. The number of nitrogens with zero attached hydrogens (tertiary/aromatic N) is 2. The van der Waals surface area contributed by atoms with E-state index < -0.39 is 17.8 Å². The van der Waals surface area contributed by atoms with Gasteiger partial charge in [-0.15, -0.1) is 0 Å². The SMILES string of the molecule is CC(=NNC(=O)C(=O)Nc1ccc(C#N)cc1)c1ccc(OC(=O)c2ccc(C)cc2)cc1. The van der Waals surface area contributed by atoms with Crippen LogP contribution in [0.2, 0.25) is 0 Å². The summed E-state index contributed by atoms with van der Waals surface area (Å²) in [5, 5.41) is 15.1. The first-order valence-electron chi connectivity index (χ1n) is 9.91. The Hall–Kier alpha value is -4.77. The van der Waals surface area contributed by atoms with E-state index in [-0.39, 0.29) is 0 Å². The molecule has 0 aliphatic rings. The van der Waals surface area contributed by atoms with Crippen molar-refractivity contribution >= 4 is 29.2 Å². The average Bonchev–Trinajstić information content (AvgIpc) is 2.83. The van der Waals surface area contributed by atoms with Crippen molar-refractivity contribution in [2.45, 2.75) is 13.8 Å². The smallest absolute Gasteiger partial charge is 0.343 e. The van der Waals surface area contributed by atoms with Crippen LogP contribution >= 0.6 is 0 Å². The van der Waals surface area contributed by atoms with Gasteiger partial charge in [0.25, 0.3) is 0 Å². The van der Waals surface area contributed by atoms with Gasteiger partial charge in [-0.2, -0.15) is 10.4 Å². The molecular formula is C25H20N4O4. The highest BCUT2D eigenvalue weighted by atomic mass is 16.5. The number of carbonyl (C=O) groups is 3. The van der Waals surface area contributed by atoms with Gasteiger partial charge in [-0.3, -0.25) is 9.59 Å². The average molecular weight is 440 g/mol. The highest BCUT2D eigenvalue weighted by molar-refractivity contribution is 6.39. The minimum atomic E-state index is -0.942. The quantitative estimate of drug-likeness (QED) is 0.207. The van der Waals surface area contributed by atoms with Crippen LogP contribution in [0.5, 0.6) is 5.75 Å². The molecule has 0 radical (unpaired) electrons. The van der Waals surface area contributed by atoms with Gasteiger partial charge in [0, 0.05) is 5.69 Å². The standard InChI is InChI=1S/C25H20N4O4/c1-16-3-7-20(8-4-16)25(32)33-22-13-9-19(10-14-22)17(2)28-29-24(31)23(30)27-21-11-5-18(15-26)6-12-21/h3-14H,1-2H3,(H,27,30)(H,29,31). The van der Waals surface area contributed by atoms with Gasteiger partial charge in [0.05, 0.1) is 22.9 Å². The van der Waals surface area contributed by atoms with E-state index in [9.17, 15) is 14.4 Å². The Balaban J connectivity index is 1.55. The lowest BCUT2D eigenvalue weighted by Gasteiger charge is -2.07. The molecule has 0 saturated carbocycles. The molecule has 0 spiro atoms. The van der Waals surface area contributed by atoms with Crippen LogP contribution in [0.4, 0.5) is 5.69 Å². The van der Waals surface area contributed by atoms with Gasteiger partial charge in [-0.25, -0.2) is 10.2 Å². The molecule has 0 atom stereocenters. The fourth-order valence-electron chi connectivity index (χ4n) is 2.69. The molecule has 0 aromatic heterocycles. The van der Waals surface area contributed by atoms with E-state index in [0.29, 0.717) is 33.8 Å². The van der Waals surface area contributed by atoms with Gasteiger partial charge in [-0.05, 0) is 80.1 Å². The first-order chi connectivity index (χ1) is 15.9. The lowest BCUT2D eigenvalue weighted by Crippen LogP contribution is -2.32. The number of esters is 1. The number of nitrogens with one attached hydrogen (secondary N) is 2. The Bertz CT molecular complexity index is 1240. The van der Waals surface area contributed by atoms with Gasteiger partial charge in [0.1, 0.15) is 5.75 Å². The Morgan fingerprint density at radius 3 is 2.06 bits per heavy atom. The number of nitriles is 1. The van der Waals surface area contributed by atoms with Gasteiger partial charge in [0.2, 0.25) is 0 Å². The van der Waals surface area contributed by atoms with Crippen LogP contribution in [-0.4, -0.2) is 23.5 Å². The monoisotopic (exact) mass is 440 g/mol. The molecule has 3 rings (SSSR count). The summed E-state index contributed by atoms with van der Waals surface area (Å²) in [4.78, 5) is 36.2. The molecule has 33 heavy (non-hydrogen) atoms. The predicted molar refractivity (Wildman–Crippen MR) is 123 cm³/mol. The Labute approximate surface area is 190 Å². The third-order valence-electron chi connectivity index (χ3n) is 4.57. The third kappa shape index (κ3) is 6.35. The minimum Gasteiger partial charge on any atom is -0.423 e. The van der Waals surface area contributed by atoms with E-state index in [0.717, 1.165) is 5.56 Å².